The summed E-state index contributed by atoms with van der Waals surface area (Å²) in [4.78, 5) is 191. The number of carbonyl (C=O) groups excluding carboxylic acids is 12. The van der Waals surface area contributed by atoms with Crippen molar-refractivity contribution in [2.75, 3.05) is 32.8 Å². The number of nitrogens with two attached hydrogens (primary N) is 3. The maximum Gasteiger partial charge on any atom is 0.325 e. The molecule has 0 aliphatic heterocycles. The zero-order valence-electron chi connectivity index (χ0n) is 55.7. The van der Waals surface area contributed by atoms with Gasteiger partial charge in [-0.2, -0.15) is 0 Å². The summed E-state index contributed by atoms with van der Waals surface area (Å²) in [6.45, 7) is 9.25. The van der Waals surface area contributed by atoms with Gasteiger partial charge in [0.05, 0.1) is 25.8 Å². The van der Waals surface area contributed by atoms with Gasteiger partial charge in [0.25, 0.3) is 0 Å². The molecule has 0 saturated heterocycles. The molecule has 0 saturated carbocycles. The van der Waals surface area contributed by atoms with Crippen LogP contribution in [0, 0.1) is 17.8 Å². The zero-order valence-corrected chi connectivity index (χ0v) is 55.7. The molecule has 0 aliphatic carbocycles. The molecular formula is C63H96N16O18. The van der Waals surface area contributed by atoms with Crippen molar-refractivity contribution in [1.82, 2.24) is 68.8 Å². The van der Waals surface area contributed by atoms with Gasteiger partial charge in [-0.1, -0.05) is 96.5 Å². The molecule has 2 aromatic carbocycles. The lowest BCUT2D eigenvalue weighted by Crippen LogP contribution is -2.61. The number of aliphatic carboxylic acids is 2. The normalized spacial score (nSPS) is 15.2. The lowest BCUT2D eigenvalue weighted by molar-refractivity contribution is -0.142. The van der Waals surface area contributed by atoms with E-state index in [2.05, 4.69) is 68.8 Å². The number of carboxylic acid groups (broad SMARTS) is 2. The predicted molar refractivity (Wildman–Crippen MR) is 351 cm³/mol. The highest BCUT2D eigenvalue weighted by molar-refractivity contribution is 6.00. The molecule has 3 rings (SSSR count). The van der Waals surface area contributed by atoms with Crippen molar-refractivity contribution in [3.63, 3.8) is 0 Å². The van der Waals surface area contributed by atoms with Crippen LogP contribution < -0.4 is 81.0 Å². The third-order valence-electron chi connectivity index (χ3n) is 15.7. The number of aliphatic hydroxyl groups is 2. The molecule has 23 N–H and O–H groups in total. The van der Waals surface area contributed by atoms with E-state index in [4.69, 9.17) is 17.2 Å². The summed E-state index contributed by atoms with van der Waals surface area (Å²) in [6, 6.07) is -2.40. The van der Waals surface area contributed by atoms with Gasteiger partial charge in [-0.15, -0.1) is 0 Å². The summed E-state index contributed by atoms with van der Waals surface area (Å²) in [5.74, 6) is -15.6. The van der Waals surface area contributed by atoms with Gasteiger partial charge >= 0.3 is 11.9 Å². The van der Waals surface area contributed by atoms with Crippen LogP contribution >= 0.6 is 0 Å². The van der Waals surface area contributed by atoms with Crippen molar-refractivity contribution < 1.29 is 87.5 Å². The SMILES string of the molecule is CC[C@H](C)[C@@H](NC(=O)[C@@H](NC(=O)[C@H](CCC(=O)O)NC(=O)[C@H](Cc1ccccc1)NC(=O)[C@@H](CCN)NC(=O)[C@H](C)NC(=O)[C@H](CO)NC(=O)[C@@H](Cc1c[nH]c2ccccc12)NC(=O)[C@@H](CO)NC(=O)CNC(=O)[C@@H](CCN)NC(=O)[C@H](N)C(C)C)C(C)C)C(=O)N[C@@H](C)C(=O)O. The van der Waals surface area contributed by atoms with Gasteiger partial charge in [0.2, 0.25) is 70.9 Å². The molecule has 1 heterocycles. The molecule has 0 aliphatic rings. The van der Waals surface area contributed by atoms with Crippen LogP contribution in [-0.4, -0.2) is 214 Å². The number of hydrogen-bond acceptors (Lipinski definition) is 19. The van der Waals surface area contributed by atoms with Crippen LogP contribution in [-0.2, 0) is 80.0 Å². The number of carbonyl (C=O) groups is 14. The molecule has 3 aromatic rings. The van der Waals surface area contributed by atoms with E-state index < -0.39 is 200 Å². The Hall–Kier alpha value is -9.64. The maximum absolute atomic E-state index is 14.4. The van der Waals surface area contributed by atoms with Gasteiger partial charge < -0.3 is 106 Å². The van der Waals surface area contributed by atoms with Crippen molar-refractivity contribution in [2.45, 2.75) is 173 Å². The summed E-state index contributed by atoms with van der Waals surface area (Å²) in [7, 11) is 0. The third kappa shape index (κ3) is 26.5. The summed E-state index contributed by atoms with van der Waals surface area (Å²) in [6.07, 6.45) is -0.0767. The molecule has 0 unspecified atom stereocenters. The summed E-state index contributed by atoms with van der Waals surface area (Å²) >= 11 is 0. The van der Waals surface area contributed by atoms with Crippen LogP contribution in [0.5, 0.6) is 0 Å². The number of para-hydroxylation sites is 1. The molecule has 12 amide bonds. The minimum absolute atomic E-state index is 0.0191. The number of amides is 12. The third-order valence-corrected chi connectivity index (χ3v) is 15.7. The number of aromatic nitrogens is 1. The Balaban J connectivity index is 1.83. The topological polar surface area (TPSA) is 558 Å². The molecule has 0 fully saturated rings. The highest BCUT2D eigenvalue weighted by atomic mass is 16.4. The van der Waals surface area contributed by atoms with E-state index in [0.29, 0.717) is 28.5 Å². The predicted octanol–water partition coefficient (Wildman–Crippen LogP) is -5.24. The summed E-state index contributed by atoms with van der Waals surface area (Å²) < 4.78 is 0. The number of nitrogens with one attached hydrogen (secondary N) is 13. The maximum atomic E-state index is 14.4. The lowest BCUT2D eigenvalue weighted by Gasteiger charge is -2.30. The van der Waals surface area contributed by atoms with E-state index in [0.717, 1.165) is 0 Å². The number of carboxylic acids is 2. The van der Waals surface area contributed by atoms with Crippen LogP contribution in [0.15, 0.2) is 60.8 Å². The van der Waals surface area contributed by atoms with Crippen molar-refractivity contribution in [1.29, 1.82) is 0 Å². The minimum Gasteiger partial charge on any atom is -0.481 e. The first-order valence-electron chi connectivity index (χ1n) is 31.8. The number of hydrogen-bond donors (Lipinski definition) is 20. The van der Waals surface area contributed by atoms with E-state index >= 15 is 0 Å². The van der Waals surface area contributed by atoms with Crippen molar-refractivity contribution in [2.24, 2.45) is 35.0 Å². The van der Waals surface area contributed by atoms with Gasteiger partial charge in [-0.3, -0.25) is 67.1 Å². The molecule has 34 nitrogen and oxygen atoms in total. The Morgan fingerprint density at radius 1 is 0.464 bits per heavy atom. The Morgan fingerprint density at radius 3 is 1.47 bits per heavy atom. The monoisotopic (exact) mass is 1360 g/mol. The van der Waals surface area contributed by atoms with Gasteiger partial charge in [-0.05, 0) is 81.1 Å². The van der Waals surface area contributed by atoms with E-state index in [9.17, 15) is 87.5 Å². The van der Waals surface area contributed by atoms with Gasteiger partial charge in [0, 0.05) is 36.4 Å². The summed E-state index contributed by atoms with van der Waals surface area (Å²) in [5.41, 5.74) is 19.0. The Labute approximate surface area is 560 Å². The summed E-state index contributed by atoms with van der Waals surface area (Å²) in [5, 5.41) is 69.6. The number of aromatic amines is 1. The first-order valence-corrected chi connectivity index (χ1v) is 31.8. The number of fused-ring (bicyclic) bond motifs is 1. The molecule has 0 radical (unpaired) electrons. The van der Waals surface area contributed by atoms with Crippen molar-refractivity contribution >= 4 is 93.7 Å². The van der Waals surface area contributed by atoms with Crippen LogP contribution in [0.1, 0.15) is 98.6 Å². The van der Waals surface area contributed by atoms with Crippen molar-refractivity contribution in [3.05, 3.63) is 71.9 Å². The minimum atomic E-state index is -1.82. The van der Waals surface area contributed by atoms with E-state index in [-0.39, 0.29) is 44.7 Å². The first-order chi connectivity index (χ1) is 45.8. The molecule has 1 aromatic heterocycles. The van der Waals surface area contributed by atoms with E-state index in [1.807, 2.05) is 0 Å². The molecule has 0 spiro atoms. The van der Waals surface area contributed by atoms with Gasteiger partial charge in [0.15, 0.2) is 0 Å². The fraction of sp³-hybridized carbons (Fsp3) is 0.556. The highest BCUT2D eigenvalue weighted by Crippen LogP contribution is 2.20. The molecule has 13 atom stereocenters. The molecule has 536 valence electrons. The average Bonchev–Trinajstić information content (AvgIpc) is 1.75. The zero-order chi connectivity index (χ0) is 72.8. The van der Waals surface area contributed by atoms with Crippen LogP contribution in [0.3, 0.4) is 0 Å². The molecule has 0 bridgehead atoms. The number of H-pyrrole nitrogens is 1. The fourth-order valence-corrected chi connectivity index (χ4v) is 9.56. The fourth-order valence-electron chi connectivity index (χ4n) is 9.56. The van der Waals surface area contributed by atoms with Gasteiger partial charge in [0.1, 0.15) is 66.5 Å². The Morgan fingerprint density at radius 2 is 0.918 bits per heavy atom. The molecule has 97 heavy (non-hydrogen) atoms. The second-order valence-electron chi connectivity index (χ2n) is 24.1. The van der Waals surface area contributed by atoms with Gasteiger partial charge in [-0.25, -0.2) is 0 Å². The van der Waals surface area contributed by atoms with E-state index in [1.165, 1.54) is 13.8 Å². The highest BCUT2D eigenvalue weighted by Gasteiger charge is 2.37. The first kappa shape index (κ1) is 81.6. The second kappa shape index (κ2) is 40.7. The molecule has 34 heteroatoms. The lowest BCUT2D eigenvalue weighted by atomic mass is 9.96. The smallest absolute Gasteiger partial charge is 0.325 e. The second-order valence-corrected chi connectivity index (χ2v) is 24.1. The van der Waals surface area contributed by atoms with E-state index in [1.54, 1.807) is 102 Å². The number of aliphatic hydroxyl groups excluding tert-OH is 2. The Bertz CT molecular complexity index is 3200. The van der Waals surface area contributed by atoms with Crippen LogP contribution in [0.2, 0.25) is 0 Å². The quantitative estimate of drug-likeness (QED) is 0.0252. The average molecular weight is 1370 g/mol. The standard InChI is InChI=1S/C63H96N16O18/c1-9-33(6)51(62(95)70-35(8)63(96)97)79-61(94)50(32(4)5)78-55(88)40(19-20-48(83)84)73-56(89)43(25-36-15-11-10-12-16-36)75-54(87)42(22-24-65)72-52(85)34(7)69-58(91)46(30-81)77-57(90)44(26-37-27-67-39-18-14-13-17-38(37)39)76-59(92)45(29-80)71-47(82)28-68-53(86)41(21-23-64)74-60(93)49(66)31(2)3/h10-18,27,31-35,40-46,49-51,67,80-81H,9,19-26,28-30,64-66H2,1-8H3,(H,68,86)(H,69,91)(H,70,95)(H,71,82)(H,72,85)(H,73,89)(H,74,93)(H,75,87)(H,76,92)(H,77,90)(H,78,88)(H,79,94)(H,83,84)(H,96,97)/t33-,34-,35-,40-,41+,42+,43-,44+,45+,46-,49+,50-,51+/m0/s1. The number of benzene rings is 2. The van der Waals surface area contributed by atoms with Crippen LogP contribution in [0.4, 0.5) is 0 Å². The largest absolute Gasteiger partial charge is 0.481 e. The Kier molecular flexibility index (Phi) is 34.2. The molecular weight excluding hydrogens is 1270 g/mol. The van der Waals surface area contributed by atoms with Crippen molar-refractivity contribution in [3.8, 4) is 0 Å². The number of rotatable bonds is 42. The van der Waals surface area contributed by atoms with Crippen LogP contribution in [0.25, 0.3) is 10.9 Å².